The van der Waals surface area contributed by atoms with Gasteiger partial charge in [-0.05, 0) is 37.1 Å². The fourth-order valence-corrected chi connectivity index (χ4v) is 3.49. The van der Waals surface area contributed by atoms with E-state index in [2.05, 4.69) is 30.4 Å². The molecule has 2 atom stereocenters. The summed E-state index contributed by atoms with van der Waals surface area (Å²) >= 11 is 2.04. The summed E-state index contributed by atoms with van der Waals surface area (Å²) in [5.74, 6) is 2.16. The monoisotopic (exact) mass is 290 g/mol. The van der Waals surface area contributed by atoms with Crippen LogP contribution in [0.15, 0.2) is 24.3 Å². The van der Waals surface area contributed by atoms with Crippen molar-refractivity contribution in [2.75, 3.05) is 17.7 Å². The highest BCUT2D eigenvalue weighted by Crippen LogP contribution is 2.28. The highest BCUT2D eigenvalue weighted by molar-refractivity contribution is 8.00. The van der Waals surface area contributed by atoms with Crippen LogP contribution >= 0.6 is 11.8 Å². The molecule has 1 saturated heterocycles. The Bertz CT molecular complexity index is 458. The fourth-order valence-electron chi connectivity index (χ4n) is 2.34. The Balaban J connectivity index is 1.87. The minimum atomic E-state index is 0.544. The number of thioether (sulfide) groups is 1. The number of benzene rings is 1. The van der Waals surface area contributed by atoms with Gasteiger partial charge in [-0.1, -0.05) is 13.0 Å². The minimum Gasteiger partial charge on any atom is -0.493 e. The molecule has 1 aliphatic heterocycles. The number of nitrogens with one attached hydrogen (secondary N) is 1. The molecule has 0 amide bonds. The number of unbranched alkanes of at least 4 members (excludes halogenated alkanes) is 1. The average molecular weight is 290 g/mol. The van der Waals surface area contributed by atoms with Crippen LogP contribution in [0.2, 0.25) is 0 Å². The number of hydrogen-bond acceptors (Lipinski definition) is 4. The first-order valence-corrected chi connectivity index (χ1v) is 8.32. The Hall–Kier alpha value is -1.34. The van der Waals surface area contributed by atoms with E-state index in [-0.39, 0.29) is 0 Å². The number of hydrogen-bond donors (Lipinski definition) is 1. The summed E-state index contributed by atoms with van der Waals surface area (Å²) in [5, 5.41) is 12.8. The number of nitrogens with zero attached hydrogens (tertiary/aromatic N) is 1. The van der Waals surface area contributed by atoms with E-state index in [1.807, 2.05) is 23.9 Å². The number of nitriles is 1. The third-order valence-electron chi connectivity index (χ3n) is 3.49. The highest BCUT2D eigenvalue weighted by Gasteiger charge is 2.21. The molecule has 1 aliphatic rings. The van der Waals surface area contributed by atoms with Crippen LogP contribution in [0.25, 0.3) is 0 Å². The molecule has 1 aromatic carbocycles. The zero-order chi connectivity index (χ0) is 14.2. The van der Waals surface area contributed by atoms with E-state index >= 15 is 0 Å². The maximum absolute atomic E-state index is 8.50. The van der Waals surface area contributed by atoms with Crippen molar-refractivity contribution in [3.05, 3.63) is 24.3 Å². The smallest absolute Gasteiger partial charge is 0.121 e. The first-order chi connectivity index (χ1) is 9.79. The molecule has 3 nitrogen and oxygen atoms in total. The largest absolute Gasteiger partial charge is 0.493 e. The molecule has 0 aliphatic carbocycles. The van der Waals surface area contributed by atoms with Gasteiger partial charge in [-0.15, -0.1) is 0 Å². The van der Waals surface area contributed by atoms with Gasteiger partial charge >= 0.3 is 0 Å². The molecule has 0 aromatic heterocycles. The lowest BCUT2D eigenvalue weighted by molar-refractivity contribution is 0.313. The van der Waals surface area contributed by atoms with Crippen molar-refractivity contribution in [3.63, 3.8) is 0 Å². The second-order valence-electron chi connectivity index (χ2n) is 5.11. The van der Waals surface area contributed by atoms with Gasteiger partial charge in [0.05, 0.1) is 12.7 Å². The van der Waals surface area contributed by atoms with Gasteiger partial charge in [-0.2, -0.15) is 17.0 Å². The zero-order valence-electron chi connectivity index (χ0n) is 12.0. The van der Waals surface area contributed by atoms with Gasteiger partial charge in [0.15, 0.2) is 0 Å². The Morgan fingerprint density at radius 3 is 3.20 bits per heavy atom. The Morgan fingerprint density at radius 1 is 1.50 bits per heavy atom. The SMILES string of the molecule is CC1SCCCC1Nc1cccc(OCCCC#N)c1. The summed E-state index contributed by atoms with van der Waals surface area (Å²) in [6.45, 7) is 2.90. The van der Waals surface area contributed by atoms with E-state index in [4.69, 9.17) is 10.00 Å². The van der Waals surface area contributed by atoms with Crippen LogP contribution in [0.1, 0.15) is 32.6 Å². The van der Waals surface area contributed by atoms with Crippen molar-refractivity contribution in [2.45, 2.75) is 43.9 Å². The molecule has 0 bridgehead atoms. The predicted octanol–water partition coefficient (Wildman–Crippen LogP) is 4.07. The highest BCUT2D eigenvalue weighted by atomic mass is 32.2. The van der Waals surface area contributed by atoms with Gasteiger partial charge in [0.1, 0.15) is 5.75 Å². The summed E-state index contributed by atoms with van der Waals surface area (Å²) in [5.41, 5.74) is 1.13. The topological polar surface area (TPSA) is 45.0 Å². The zero-order valence-corrected chi connectivity index (χ0v) is 12.8. The molecule has 108 valence electrons. The third-order valence-corrected chi connectivity index (χ3v) is 4.87. The molecular formula is C16H22N2OS. The molecule has 0 saturated carbocycles. The summed E-state index contributed by atoms with van der Waals surface area (Å²) in [6, 6.07) is 10.8. The van der Waals surface area contributed by atoms with Gasteiger partial charge in [0, 0.05) is 29.5 Å². The van der Waals surface area contributed by atoms with Crippen LogP contribution in [0.3, 0.4) is 0 Å². The van der Waals surface area contributed by atoms with E-state index in [9.17, 15) is 0 Å². The summed E-state index contributed by atoms with van der Waals surface area (Å²) < 4.78 is 5.67. The Labute approximate surface area is 125 Å². The van der Waals surface area contributed by atoms with Crippen LogP contribution < -0.4 is 10.1 Å². The molecule has 0 radical (unpaired) electrons. The molecule has 2 unspecified atom stereocenters. The van der Waals surface area contributed by atoms with Crippen molar-refractivity contribution >= 4 is 17.4 Å². The van der Waals surface area contributed by atoms with Gasteiger partial charge in [0.2, 0.25) is 0 Å². The van der Waals surface area contributed by atoms with Crippen molar-refractivity contribution in [1.29, 1.82) is 5.26 Å². The molecule has 0 spiro atoms. The normalized spacial score (nSPS) is 22.0. The van der Waals surface area contributed by atoms with Gasteiger partial charge < -0.3 is 10.1 Å². The third kappa shape index (κ3) is 4.64. The van der Waals surface area contributed by atoms with E-state index in [1.165, 1.54) is 18.6 Å². The van der Waals surface area contributed by atoms with E-state index in [1.54, 1.807) is 0 Å². The lowest BCUT2D eigenvalue weighted by Crippen LogP contribution is -2.32. The van der Waals surface area contributed by atoms with E-state index < -0.39 is 0 Å². The van der Waals surface area contributed by atoms with Crippen LogP contribution in [-0.2, 0) is 0 Å². The average Bonchev–Trinajstić information content (AvgIpc) is 2.47. The van der Waals surface area contributed by atoms with Gasteiger partial charge in [-0.25, -0.2) is 0 Å². The van der Waals surface area contributed by atoms with Gasteiger partial charge in [0.25, 0.3) is 0 Å². The molecule has 1 fully saturated rings. The molecule has 1 heterocycles. The predicted molar refractivity (Wildman–Crippen MR) is 85.3 cm³/mol. The quantitative estimate of drug-likeness (QED) is 0.802. The molecular weight excluding hydrogens is 268 g/mol. The second-order valence-corrected chi connectivity index (χ2v) is 6.59. The van der Waals surface area contributed by atoms with Crippen LogP contribution in [0.4, 0.5) is 5.69 Å². The molecule has 20 heavy (non-hydrogen) atoms. The van der Waals surface area contributed by atoms with Crippen molar-refractivity contribution in [3.8, 4) is 11.8 Å². The van der Waals surface area contributed by atoms with Crippen molar-refractivity contribution in [2.24, 2.45) is 0 Å². The number of rotatable bonds is 6. The maximum atomic E-state index is 8.50. The van der Waals surface area contributed by atoms with Crippen molar-refractivity contribution in [1.82, 2.24) is 0 Å². The lowest BCUT2D eigenvalue weighted by Gasteiger charge is -2.30. The number of anilines is 1. The summed E-state index contributed by atoms with van der Waals surface area (Å²) in [7, 11) is 0. The summed E-state index contributed by atoms with van der Waals surface area (Å²) in [6.07, 6.45) is 3.86. The summed E-state index contributed by atoms with van der Waals surface area (Å²) in [4.78, 5) is 0. The molecule has 4 heteroatoms. The van der Waals surface area contributed by atoms with E-state index in [0.717, 1.165) is 17.9 Å². The van der Waals surface area contributed by atoms with Crippen LogP contribution in [0.5, 0.6) is 5.75 Å². The lowest BCUT2D eigenvalue weighted by atomic mass is 10.1. The van der Waals surface area contributed by atoms with Crippen LogP contribution in [0, 0.1) is 11.3 Å². The Kier molecular flexibility index (Phi) is 6.07. The second kappa shape index (κ2) is 8.06. The molecule has 1 N–H and O–H groups in total. The van der Waals surface area contributed by atoms with Crippen LogP contribution in [-0.4, -0.2) is 23.7 Å². The first kappa shape index (κ1) is 15.1. The first-order valence-electron chi connectivity index (χ1n) is 7.27. The number of ether oxygens (including phenoxy) is 1. The van der Waals surface area contributed by atoms with Gasteiger partial charge in [-0.3, -0.25) is 0 Å². The molecule has 2 rings (SSSR count). The minimum absolute atomic E-state index is 0.544. The Morgan fingerprint density at radius 2 is 2.40 bits per heavy atom. The van der Waals surface area contributed by atoms with E-state index in [0.29, 0.717) is 24.3 Å². The maximum Gasteiger partial charge on any atom is 0.121 e. The molecule has 1 aromatic rings. The standard InChI is InChI=1S/C16H22N2OS/c1-13-16(8-5-11-20-13)18-14-6-4-7-15(12-14)19-10-3-2-9-17/h4,6-7,12-13,16,18H,2-3,5,8,10-11H2,1H3. The van der Waals surface area contributed by atoms with Crippen molar-refractivity contribution < 1.29 is 4.74 Å². The fraction of sp³-hybridized carbons (Fsp3) is 0.562.